The average molecular weight is 347 g/mol. The van der Waals surface area contributed by atoms with Crippen LogP contribution >= 0.6 is 39.1 Å². The van der Waals surface area contributed by atoms with Crippen LogP contribution < -0.4 is 0 Å². The summed E-state index contributed by atoms with van der Waals surface area (Å²) in [5.74, 6) is 1.39. The van der Waals surface area contributed by atoms with E-state index in [2.05, 4.69) is 26.1 Å². The molecule has 18 heavy (non-hydrogen) atoms. The second-order valence-corrected chi connectivity index (χ2v) is 6.09. The summed E-state index contributed by atoms with van der Waals surface area (Å²) in [5.41, 5.74) is 1.91. The monoisotopic (exact) mass is 345 g/mol. The zero-order valence-corrected chi connectivity index (χ0v) is 12.7. The molecular weight excluding hydrogens is 337 g/mol. The molecule has 0 N–H and O–H groups in total. The van der Waals surface area contributed by atoms with Gasteiger partial charge in [-0.25, -0.2) is 0 Å². The lowest BCUT2D eigenvalue weighted by atomic mass is 10.2. The zero-order chi connectivity index (χ0) is 12.9. The van der Waals surface area contributed by atoms with Crippen LogP contribution in [0, 0.1) is 6.92 Å². The molecule has 1 aromatic heterocycles. The van der Waals surface area contributed by atoms with Crippen molar-refractivity contribution in [2.45, 2.75) is 25.7 Å². The first-order valence-corrected chi connectivity index (χ1v) is 7.19. The Hall–Kier alpha value is -0.580. The van der Waals surface area contributed by atoms with Crippen LogP contribution in [0.1, 0.15) is 30.1 Å². The molecule has 0 radical (unpaired) electrons. The lowest BCUT2D eigenvalue weighted by Crippen LogP contribution is -2.01. The fraction of sp³-hybridized carbons (Fsp3) is 0.333. The van der Waals surface area contributed by atoms with Gasteiger partial charge >= 0.3 is 0 Å². The molecule has 0 aliphatic heterocycles. The molecule has 1 fully saturated rings. The lowest BCUT2D eigenvalue weighted by molar-refractivity contribution is 0.869. The first-order chi connectivity index (χ1) is 8.58. The topological polar surface area (TPSA) is 30.7 Å². The normalized spacial score (nSPS) is 15.1. The maximum absolute atomic E-state index is 6.18. The summed E-state index contributed by atoms with van der Waals surface area (Å²) in [4.78, 5) is 0. The van der Waals surface area contributed by atoms with E-state index in [-0.39, 0.29) is 0 Å². The van der Waals surface area contributed by atoms with Crippen LogP contribution in [-0.4, -0.2) is 14.8 Å². The molecule has 1 aromatic carbocycles. The van der Waals surface area contributed by atoms with Crippen LogP contribution in [0.3, 0.4) is 0 Å². The Bertz CT molecular complexity index is 620. The van der Waals surface area contributed by atoms with Gasteiger partial charge in [0.1, 0.15) is 5.82 Å². The van der Waals surface area contributed by atoms with Crippen LogP contribution in [0.2, 0.25) is 10.3 Å². The van der Waals surface area contributed by atoms with Crippen LogP contribution in [0.4, 0.5) is 0 Å². The minimum Gasteiger partial charge on any atom is -0.268 e. The summed E-state index contributed by atoms with van der Waals surface area (Å²) in [5, 5.41) is 9.21. The number of halogens is 3. The van der Waals surface area contributed by atoms with E-state index in [1.54, 1.807) is 0 Å². The predicted octanol–water partition coefficient (Wildman–Crippen LogP) is 4.52. The molecule has 0 saturated heterocycles. The Morgan fingerprint density at radius 3 is 2.67 bits per heavy atom. The number of rotatable bonds is 2. The fourth-order valence-electron chi connectivity index (χ4n) is 1.91. The minimum absolute atomic E-state index is 0.373. The Morgan fingerprint density at radius 2 is 2.00 bits per heavy atom. The first-order valence-electron chi connectivity index (χ1n) is 5.64. The SMILES string of the molecule is Cc1cc(Br)c(-n2c(Cl)nnc2C2CC2)cc1Cl. The highest BCUT2D eigenvalue weighted by molar-refractivity contribution is 9.10. The van der Waals surface area contributed by atoms with Gasteiger partial charge in [0.2, 0.25) is 5.28 Å². The average Bonchev–Trinajstić information content (AvgIpc) is 3.09. The summed E-state index contributed by atoms with van der Waals surface area (Å²) in [6, 6.07) is 3.87. The highest BCUT2D eigenvalue weighted by atomic mass is 79.9. The van der Waals surface area contributed by atoms with E-state index in [0.717, 1.165) is 34.4 Å². The molecule has 3 rings (SSSR count). The lowest BCUT2D eigenvalue weighted by Gasteiger charge is -2.11. The number of benzene rings is 1. The molecule has 0 unspecified atom stereocenters. The first kappa shape index (κ1) is 12.5. The van der Waals surface area contributed by atoms with E-state index in [0.29, 0.717) is 16.2 Å². The summed E-state index contributed by atoms with van der Waals surface area (Å²) in [6.45, 7) is 1.96. The molecule has 3 nitrogen and oxygen atoms in total. The smallest absolute Gasteiger partial charge is 0.229 e. The zero-order valence-electron chi connectivity index (χ0n) is 9.62. The van der Waals surface area contributed by atoms with Crippen molar-refractivity contribution in [2.75, 3.05) is 0 Å². The summed E-state index contributed by atoms with van der Waals surface area (Å²) >= 11 is 15.9. The molecule has 0 atom stereocenters. The van der Waals surface area contributed by atoms with Crippen molar-refractivity contribution in [1.29, 1.82) is 0 Å². The third-order valence-corrected chi connectivity index (χ3v) is 4.35. The predicted molar refractivity (Wildman–Crippen MR) is 75.8 cm³/mol. The summed E-state index contributed by atoms with van der Waals surface area (Å²) < 4.78 is 2.81. The summed E-state index contributed by atoms with van der Waals surface area (Å²) in [7, 11) is 0. The summed E-state index contributed by atoms with van der Waals surface area (Å²) in [6.07, 6.45) is 2.29. The van der Waals surface area contributed by atoms with Gasteiger partial charge in [0.05, 0.1) is 5.69 Å². The molecule has 94 valence electrons. The van der Waals surface area contributed by atoms with Crippen molar-refractivity contribution < 1.29 is 0 Å². The second kappa shape index (κ2) is 4.51. The van der Waals surface area contributed by atoms with Gasteiger partial charge in [-0.2, -0.15) is 0 Å². The molecule has 0 bridgehead atoms. The largest absolute Gasteiger partial charge is 0.268 e. The molecular formula is C12H10BrCl2N3. The third kappa shape index (κ3) is 2.06. The molecule has 6 heteroatoms. The van der Waals surface area contributed by atoms with Gasteiger partial charge in [-0.3, -0.25) is 4.57 Å². The van der Waals surface area contributed by atoms with E-state index in [1.165, 1.54) is 0 Å². The fourth-order valence-corrected chi connectivity index (χ4v) is 2.92. The third-order valence-electron chi connectivity index (χ3n) is 3.06. The number of aromatic nitrogens is 3. The van der Waals surface area contributed by atoms with Crippen molar-refractivity contribution in [1.82, 2.24) is 14.8 Å². The van der Waals surface area contributed by atoms with Crippen LogP contribution in [0.15, 0.2) is 16.6 Å². The standard InChI is InChI=1S/C12H10BrCl2N3/c1-6-4-8(13)10(5-9(6)14)18-11(7-2-3-7)16-17-12(18)15/h4-5,7H,2-3H2,1H3. The van der Waals surface area contributed by atoms with E-state index >= 15 is 0 Å². The molecule has 1 aliphatic carbocycles. The highest BCUT2D eigenvalue weighted by Crippen LogP contribution is 2.42. The Balaban J connectivity index is 2.20. The van der Waals surface area contributed by atoms with Crippen molar-refractivity contribution in [3.05, 3.63) is 38.3 Å². The van der Waals surface area contributed by atoms with E-state index in [1.807, 2.05) is 23.6 Å². The van der Waals surface area contributed by atoms with E-state index < -0.39 is 0 Å². The number of hydrogen-bond donors (Lipinski definition) is 0. The van der Waals surface area contributed by atoms with Crippen molar-refractivity contribution in [2.24, 2.45) is 0 Å². The van der Waals surface area contributed by atoms with E-state index in [9.17, 15) is 0 Å². The Kier molecular flexibility index (Phi) is 3.12. The van der Waals surface area contributed by atoms with Gasteiger partial charge in [0.15, 0.2) is 0 Å². The van der Waals surface area contributed by atoms with Gasteiger partial charge in [-0.1, -0.05) is 11.6 Å². The van der Waals surface area contributed by atoms with Crippen molar-refractivity contribution in [3.63, 3.8) is 0 Å². The van der Waals surface area contributed by atoms with Crippen LogP contribution in [0.5, 0.6) is 0 Å². The van der Waals surface area contributed by atoms with Gasteiger partial charge in [-0.15, -0.1) is 10.2 Å². The minimum atomic E-state index is 0.373. The molecule has 1 aliphatic rings. The van der Waals surface area contributed by atoms with E-state index in [4.69, 9.17) is 23.2 Å². The Labute approximate surface area is 123 Å². The van der Waals surface area contributed by atoms with Crippen molar-refractivity contribution in [3.8, 4) is 5.69 Å². The maximum atomic E-state index is 6.18. The molecule has 1 heterocycles. The highest BCUT2D eigenvalue weighted by Gasteiger charge is 2.31. The molecule has 2 aromatic rings. The van der Waals surface area contributed by atoms with Crippen molar-refractivity contribution >= 4 is 39.1 Å². The number of nitrogens with zero attached hydrogens (tertiary/aromatic N) is 3. The maximum Gasteiger partial charge on any atom is 0.229 e. The van der Waals surface area contributed by atoms with Gasteiger partial charge < -0.3 is 0 Å². The van der Waals surface area contributed by atoms with Gasteiger partial charge in [-0.05, 0) is 65.0 Å². The molecule has 0 spiro atoms. The quantitative estimate of drug-likeness (QED) is 0.800. The molecule has 1 saturated carbocycles. The van der Waals surface area contributed by atoms with Gasteiger partial charge in [0.25, 0.3) is 0 Å². The Morgan fingerprint density at radius 1 is 1.28 bits per heavy atom. The number of hydrogen-bond acceptors (Lipinski definition) is 2. The second-order valence-electron chi connectivity index (χ2n) is 4.49. The number of aryl methyl sites for hydroxylation is 1. The van der Waals surface area contributed by atoms with Crippen LogP contribution in [-0.2, 0) is 0 Å². The van der Waals surface area contributed by atoms with Crippen LogP contribution in [0.25, 0.3) is 5.69 Å². The van der Waals surface area contributed by atoms with Gasteiger partial charge in [0, 0.05) is 15.4 Å². The molecule has 0 amide bonds.